The Morgan fingerprint density at radius 1 is 1.00 bits per heavy atom. The maximum absolute atomic E-state index is 13.3. The van der Waals surface area contributed by atoms with Gasteiger partial charge in [-0.05, 0) is 70.9 Å². The van der Waals surface area contributed by atoms with Crippen LogP contribution in [0.15, 0.2) is 111 Å². The van der Waals surface area contributed by atoms with Crippen molar-refractivity contribution in [3.8, 4) is 17.2 Å². The molecule has 1 amide bonds. The van der Waals surface area contributed by atoms with Gasteiger partial charge in [0.1, 0.15) is 18.1 Å². The minimum absolute atomic E-state index is 0.0237. The Hall–Kier alpha value is -4.76. The molecule has 0 bridgehead atoms. The highest BCUT2D eigenvalue weighted by Crippen LogP contribution is 2.35. The normalized spacial score (nSPS) is 15.5. The molecule has 0 aliphatic carbocycles. The molecular weight excluding hydrogens is 514 g/mol. The lowest BCUT2D eigenvalue weighted by molar-refractivity contribution is -0.122. The summed E-state index contributed by atoms with van der Waals surface area (Å²) in [5.41, 5.74) is 2.59. The van der Waals surface area contributed by atoms with Crippen molar-refractivity contribution < 1.29 is 23.8 Å². The summed E-state index contributed by atoms with van der Waals surface area (Å²) < 4.78 is 16.5. The predicted molar refractivity (Wildman–Crippen MR) is 152 cm³/mol. The number of carbonyl (C=O) groups excluding carboxylic acids is 1. The minimum Gasteiger partial charge on any atom is -0.504 e. The third-order valence-corrected chi connectivity index (χ3v) is 6.74. The minimum atomic E-state index is -0.228. The van der Waals surface area contributed by atoms with Crippen molar-refractivity contribution in [2.45, 2.75) is 13.2 Å². The molecule has 9 heteroatoms. The molecule has 8 nitrogen and oxygen atoms in total. The molecule has 196 valence electrons. The van der Waals surface area contributed by atoms with Gasteiger partial charge in [-0.3, -0.25) is 9.69 Å². The zero-order chi connectivity index (χ0) is 27.0. The summed E-state index contributed by atoms with van der Waals surface area (Å²) in [6.07, 6.45) is 4.90. The summed E-state index contributed by atoms with van der Waals surface area (Å²) in [5, 5.41) is 18.9. The molecule has 1 fully saturated rings. The summed E-state index contributed by atoms with van der Waals surface area (Å²) in [4.78, 5) is 15.3. The lowest BCUT2D eigenvalue weighted by Gasteiger charge is -2.12. The van der Waals surface area contributed by atoms with Crippen LogP contribution in [-0.2, 0) is 17.9 Å². The number of hydrogen-bond acceptors (Lipinski definition) is 8. The highest BCUT2D eigenvalue weighted by atomic mass is 32.2. The van der Waals surface area contributed by atoms with E-state index in [4.69, 9.17) is 13.9 Å². The van der Waals surface area contributed by atoms with Gasteiger partial charge >= 0.3 is 0 Å². The second kappa shape index (κ2) is 12.2. The third-order valence-electron chi connectivity index (χ3n) is 5.74. The Balaban J connectivity index is 1.35. The standard InChI is InChI=1S/C30H25N3O5S/c1-36-27-16-22(12-13-26(27)34)17-28-29(35)33(19-25-11-6-14-37-25)30(39-28)32-31-18-23-9-5-10-24(15-23)38-20-21-7-3-2-4-8-21/h2-18,34H,19-20H2,1H3/b28-17-,31-18-,32-30+. The summed E-state index contributed by atoms with van der Waals surface area (Å²) in [5.74, 6) is 1.45. The molecule has 5 rings (SSSR count). The van der Waals surface area contributed by atoms with Gasteiger partial charge in [-0.15, -0.1) is 5.10 Å². The van der Waals surface area contributed by atoms with E-state index in [2.05, 4.69) is 10.2 Å². The van der Waals surface area contributed by atoms with Crippen molar-refractivity contribution in [2.75, 3.05) is 7.11 Å². The fourth-order valence-electron chi connectivity index (χ4n) is 3.79. The van der Waals surface area contributed by atoms with Gasteiger partial charge in [-0.1, -0.05) is 48.5 Å². The van der Waals surface area contributed by atoms with E-state index >= 15 is 0 Å². The van der Waals surface area contributed by atoms with E-state index in [9.17, 15) is 9.90 Å². The number of thioether (sulfide) groups is 1. The Morgan fingerprint density at radius 2 is 1.87 bits per heavy atom. The van der Waals surface area contributed by atoms with Gasteiger partial charge in [0.2, 0.25) is 0 Å². The number of aromatic hydroxyl groups is 1. The zero-order valence-corrected chi connectivity index (χ0v) is 21.9. The van der Waals surface area contributed by atoms with Crippen LogP contribution in [0.1, 0.15) is 22.5 Å². The molecule has 0 unspecified atom stereocenters. The fourth-order valence-corrected chi connectivity index (χ4v) is 4.72. The van der Waals surface area contributed by atoms with Crippen LogP contribution < -0.4 is 9.47 Å². The topological polar surface area (TPSA) is 96.9 Å². The van der Waals surface area contributed by atoms with Gasteiger partial charge in [-0.25, -0.2) is 0 Å². The smallest absolute Gasteiger partial charge is 0.267 e. The summed E-state index contributed by atoms with van der Waals surface area (Å²) in [6.45, 7) is 0.679. The quantitative estimate of drug-likeness (QED) is 0.157. The summed E-state index contributed by atoms with van der Waals surface area (Å²) >= 11 is 1.21. The fraction of sp³-hybridized carbons (Fsp3) is 0.100. The number of methoxy groups -OCH3 is 1. The predicted octanol–water partition coefficient (Wildman–Crippen LogP) is 6.08. The number of carbonyl (C=O) groups is 1. The molecule has 0 atom stereocenters. The van der Waals surface area contributed by atoms with Crippen LogP contribution >= 0.6 is 11.8 Å². The van der Waals surface area contributed by atoms with E-state index in [0.29, 0.717) is 33.8 Å². The van der Waals surface area contributed by atoms with Gasteiger partial charge < -0.3 is 19.0 Å². The average Bonchev–Trinajstić information content (AvgIpc) is 3.58. The Bertz CT molecular complexity index is 1530. The molecule has 0 saturated carbocycles. The molecule has 1 saturated heterocycles. The summed E-state index contributed by atoms with van der Waals surface area (Å²) in [7, 11) is 1.47. The van der Waals surface area contributed by atoms with Crippen LogP contribution in [0.2, 0.25) is 0 Å². The van der Waals surface area contributed by atoms with Crippen molar-refractivity contribution in [1.82, 2.24) is 4.90 Å². The number of furan rings is 1. The molecule has 39 heavy (non-hydrogen) atoms. The number of hydrogen-bond donors (Lipinski definition) is 1. The molecule has 4 aromatic rings. The molecule has 1 aromatic heterocycles. The van der Waals surface area contributed by atoms with Crippen molar-refractivity contribution in [1.29, 1.82) is 0 Å². The largest absolute Gasteiger partial charge is 0.504 e. The van der Waals surface area contributed by atoms with E-state index < -0.39 is 0 Å². The first-order valence-electron chi connectivity index (χ1n) is 12.1. The lowest BCUT2D eigenvalue weighted by Crippen LogP contribution is -2.28. The van der Waals surface area contributed by atoms with Gasteiger partial charge in [-0.2, -0.15) is 5.10 Å². The molecule has 1 aliphatic rings. The third kappa shape index (κ3) is 6.58. The van der Waals surface area contributed by atoms with Gasteiger partial charge in [0.05, 0.1) is 31.0 Å². The number of amidine groups is 1. The SMILES string of the molecule is COc1cc(/C=C2\S/C(=N/N=C\c3cccc(OCc4ccccc4)c3)N(Cc3ccco3)C2=O)ccc1O. The number of phenolic OH excluding ortho intramolecular Hbond substituents is 1. The Morgan fingerprint density at radius 3 is 2.67 bits per heavy atom. The molecule has 2 heterocycles. The average molecular weight is 540 g/mol. The van der Waals surface area contributed by atoms with Crippen LogP contribution in [0.4, 0.5) is 0 Å². The van der Waals surface area contributed by atoms with E-state index in [-0.39, 0.29) is 18.2 Å². The lowest BCUT2D eigenvalue weighted by atomic mass is 10.2. The van der Waals surface area contributed by atoms with Crippen molar-refractivity contribution in [3.05, 3.63) is 119 Å². The molecule has 3 aromatic carbocycles. The first-order valence-corrected chi connectivity index (χ1v) is 12.9. The number of amides is 1. The van der Waals surface area contributed by atoms with Crippen LogP contribution in [0.3, 0.4) is 0 Å². The number of phenols is 1. The van der Waals surface area contributed by atoms with Crippen molar-refractivity contribution in [3.63, 3.8) is 0 Å². The monoisotopic (exact) mass is 539 g/mol. The number of nitrogens with zero attached hydrogens (tertiary/aromatic N) is 3. The molecule has 0 radical (unpaired) electrons. The summed E-state index contributed by atoms with van der Waals surface area (Å²) in [6, 6.07) is 25.9. The van der Waals surface area contributed by atoms with E-state index in [1.807, 2.05) is 54.6 Å². The van der Waals surface area contributed by atoms with E-state index in [1.165, 1.54) is 29.8 Å². The molecule has 1 aliphatic heterocycles. The molecule has 1 N–H and O–H groups in total. The Kier molecular flexibility index (Phi) is 8.09. The van der Waals surface area contributed by atoms with Crippen molar-refractivity contribution >= 4 is 35.1 Å². The molecule has 0 spiro atoms. The van der Waals surface area contributed by atoms with Gasteiger partial charge in [0, 0.05) is 0 Å². The van der Waals surface area contributed by atoms with Crippen LogP contribution in [-0.4, -0.2) is 34.4 Å². The second-order valence-corrected chi connectivity index (χ2v) is 9.50. The number of ether oxygens (including phenoxy) is 2. The van der Waals surface area contributed by atoms with Crippen LogP contribution in [0.25, 0.3) is 6.08 Å². The second-order valence-electron chi connectivity index (χ2n) is 8.49. The highest BCUT2D eigenvalue weighted by molar-refractivity contribution is 8.18. The van der Waals surface area contributed by atoms with Crippen LogP contribution in [0.5, 0.6) is 17.2 Å². The maximum Gasteiger partial charge on any atom is 0.267 e. The van der Waals surface area contributed by atoms with Gasteiger partial charge in [0.15, 0.2) is 16.7 Å². The van der Waals surface area contributed by atoms with E-state index in [1.54, 1.807) is 42.8 Å². The maximum atomic E-state index is 13.3. The number of rotatable bonds is 9. The van der Waals surface area contributed by atoms with Crippen LogP contribution in [0, 0.1) is 0 Å². The highest BCUT2D eigenvalue weighted by Gasteiger charge is 2.34. The van der Waals surface area contributed by atoms with E-state index in [0.717, 1.165) is 16.9 Å². The Labute approximate surface area is 229 Å². The number of benzene rings is 3. The van der Waals surface area contributed by atoms with Crippen molar-refractivity contribution in [2.24, 2.45) is 10.2 Å². The zero-order valence-electron chi connectivity index (χ0n) is 21.1. The first-order chi connectivity index (χ1) is 19.1. The van der Waals surface area contributed by atoms with Gasteiger partial charge in [0.25, 0.3) is 5.91 Å². The first kappa shape index (κ1) is 25.9. The molecular formula is C30H25N3O5S.